The van der Waals surface area contributed by atoms with Crippen molar-refractivity contribution in [3.05, 3.63) is 97.2 Å². The molecule has 0 saturated carbocycles. The summed E-state index contributed by atoms with van der Waals surface area (Å²) in [5.74, 6) is -0.180. The van der Waals surface area contributed by atoms with Crippen LogP contribution in [0.4, 0.5) is 0 Å². The standard InChI is InChI=1S/C66H115NO8/c1-3-5-7-9-11-13-15-17-19-21-22-23-24-25-26-27-28-29-30-31-32-33-34-35-36-37-38-40-42-44-46-48-50-52-54-56-62(70)67-59(58-74-66-65(73)64(72)63(71)61(57-68)75-66)60(69)55-53-51-49-47-45-43-41-39-20-18-16-14-12-10-8-6-4-2/h5,7,11,13,17,19,22-23,25-26,28-29,31-32,53,55,59-61,63-66,68-69,71-73H,3-4,6,8-10,12,14-16,18,20-21,24,27,30,33-52,54,56-58H2,1-2H3,(H,67,70)/b7-5-,13-11-,19-17-,23-22-,26-25-,29-28-,32-31-,55-53+. The Morgan fingerprint density at radius 3 is 1.23 bits per heavy atom. The van der Waals surface area contributed by atoms with Crippen LogP contribution in [-0.4, -0.2) is 87.5 Å². The first-order valence-electron chi connectivity index (χ1n) is 31.0. The Morgan fingerprint density at radius 1 is 0.467 bits per heavy atom. The number of hydrogen-bond acceptors (Lipinski definition) is 8. The number of nitrogens with one attached hydrogen (secondary N) is 1. The number of unbranched alkanes of at least 4 members (excludes halogenated alkanes) is 28. The summed E-state index contributed by atoms with van der Waals surface area (Å²) < 4.78 is 11.3. The summed E-state index contributed by atoms with van der Waals surface area (Å²) in [6.45, 7) is 3.67. The normalized spacial score (nSPS) is 19.6. The number of amides is 1. The molecule has 432 valence electrons. The maximum absolute atomic E-state index is 13.1. The SMILES string of the molecule is CC/C=C\C/C=C\C/C=C\C/C=C\C/C=C\C/C=C\C/C=C\CCCCCCCCCCCCCCCC(=O)NC(COC1OC(CO)C(O)C(O)C1O)C(O)/C=C/CCCCCCCCCCCCCCCCC. The zero-order chi connectivity index (χ0) is 54.3. The molecule has 1 aliphatic rings. The quantitative estimate of drug-likeness (QED) is 0.0261. The van der Waals surface area contributed by atoms with E-state index in [2.05, 4.69) is 104 Å². The number of aliphatic hydroxyl groups is 5. The fourth-order valence-corrected chi connectivity index (χ4v) is 9.31. The average Bonchev–Trinajstić information content (AvgIpc) is 3.41. The number of ether oxygens (including phenoxy) is 2. The molecule has 0 aliphatic carbocycles. The van der Waals surface area contributed by atoms with Crippen LogP contribution in [0.2, 0.25) is 0 Å². The Balaban J connectivity index is 2.16. The van der Waals surface area contributed by atoms with Crippen LogP contribution in [0, 0.1) is 0 Å². The highest BCUT2D eigenvalue weighted by molar-refractivity contribution is 5.76. The van der Waals surface area contributed by atoms with E-state index in [1.807, 2.05) is 6.08 Å². The number of carbonyl (C=O) groups excluding carboxylic acids is 1. The molecule has 75 heavy (non-hydrogen) atoms. The summed E-state index contributed by atoms with van der Waals surface area (Å²) in [6, 6.07) is -0.811. The minimum atomic E-state index is -1.57. The molecule has 1 aliphatic heterocycles. The molecule has 0 bridgehead atoms. The summed E-state index contributed by atoms with van der Waals surface area (Å²) in [6.07, 6.45) is 71.9. The maximum atomic E-state index is 13.1. The molecule has 1 fully saturated rings. The summed E-state index contributed by atoms with van der Waals surface area (Å²) in [5, 5.41) is 54.6. The van der Waals surface area contributed by atoms with Gasteiger partial charge in [-0.15, -0.1) is 0 Å². The molecular formula is C66H115NO8. The van der Waals surface area contributed by atoms with Crippen LogP contribution in [0.1, 0.15) is 258 Å². The van der Waals surface area contributed by atoms with E-state index in [-0.39, 0.29) is 12.5 Å². The smallest absolute Gasteiger partial charge is 0.220 e. The fraction of sp³-hybridized carbons (Fsp3) is 0.742. The van der Waals surface area contributed by atoms with Crippen molar-refractivity contribution < 1.29 is 39.8 Å². The summed E-state index contributed by atoms with van der Waals surface area (Å²) in [7, 11) is 0. The van der Waals surface area contributed by atoms with Gasteiger partial charge in [0.1, 0.15) is 24.4 Å². The van der Waals surface area contributed by atoms with Gasteiger partial charge in [-0.3, -0.25) is 4.79 Å². The molecule has 0 radical (unpaired) electrons. The zero-order valence-corrected chi connectivity index (χ0v) is 48.0. The maximum Gasteiger partial charge on any atom is 0.220 e. The van der Waals surface area contributed by atoms with E-state index in [4.69, 9.17) is 9.47 Å². The van der Waals surface area contributed by atoms with E-state index in [0.29, 0.717) is 6.42 Å². The van der Waals surface area contributed by atoms with Crippen LogP contribution >= 0.6 is 0 Å². The van der Waals surface area contributed by atoms with Gasteiger partial charge >= 0.3 is 0 Å². The van der Waals surface area contributed by atoms with E-state index in [1.54, 1.807) is 6.08 Å². The average molecular weight is 1050 g/mol. The molecule has 9 heteroatoms. The van der Waals surface area contributed by atoms with Crippen LogP contribution in [0.3, 0.4) is 0 Å². The first-order valence-corrected chi connectivity index (χ1v) is 31.0. The molecule has 0 aromatic rings. The van der Waals surface area contributed by atoms with Crippen molar-refractivity contribution >= 4 is 5.91 Å². The van der Waals surface area contributed by atoms with Gasteiger partial charge in [0, 0.05) is 6.42 Å². The summed E-state index contributed by atoms with van der Waals surface area (Å²) >= 11 is 0. The Kier molecular flexibility index (Phi) is 50.9. The lowest BCUT2D eigenvalue weighted by molar-refractivity contribution is -0.302. The predicted octanol–water partition coefficient (Wildman–Crippen LogP) is 16.0. The molecule has 9 nitrogen and oxygen atoms in total. The number of aliphatic hydroxyl groups excluding tert-OH is 5. The van der Waals surface area contributed by atoms with Gasteiger partial charge in [-0.05, 0) is 77.0 Å². The number of rotatable bonds is 52. The van der Waals surface area contributed by atoms with Crippen LogP contribution < -0.4 is 5.32 Å². The van der Waals surface area contributed by atoms with Gasteiger partial charge < -0.3 is 40.3 Å². The molecule has 0 spiro atoms. The minimum absolute atomic E-state index is 0.180. The van der Waals surface area contributed by atoms with Gasteiger partial charge in [0.05, 0.1) is 25.4 Å². The van der Waals surface area contributed by atoms with Crippen molar-refractivity contribution in [2.75, 3.05) is 13.2 Å². The Hall–Kier alpha value is -2.89. The molecule has 1 heterocycles. The molecular weight excluding hydrogens is 935 g/mol. The van der Waals surface area contributed by atoms with E-state index >= 15 is 0 Å². The predicted molar refractivity (Wildman–Crippen MR) is 318 cm³/mol. The summed E-state index contributed by atoms with van der Waals surface area (Å²) in [5.41, 5.74) is 0. The van der Waals surface area contributed by atoms with Crippen molar-refractivity contribution in [2.24, 2.45) is 0 Å². The highest BCUT2D eigenvalue weighted by Gasteiger charge is 2.44. The first kappa shape index (κ1) is 70.1. The first-order chi connectivity index (χ1) is 36.8. The highest BCUT2D eigenvalue weighted by atomic mass is 16.7. The third kappa shape index (κ3) is 43.7. The lowest BCUT2D eigenvalue weighted by Crippen LogP contribution is -2.60. The summed E-state index contributed by atoms with van der Waals surface area (Å²) in [4.78, 5) is 13.1. The second kappa shape index (κ2) is 54.5. The zero-order valence-electron chi connectivity index (χ0n) is 48.0. The third-order valence-electron chi connectivity index (χ3n) is 14.2. The molecule has 6 N–H and O–H groups in total. The van der Waals surface area contributed by atoms with Crippen molar-refractivity contribution in [2.45, 2.75) is 301 Å². The van der Waals surface area contributed by atoms with Crippen molar-refractivity contribution in [3.63, 3.8) is 0 Å². The van der Waals surface area contributed by atoms with E-state index in [1.165, 1.54) is 154 Å². The van der Waals surface area contributed by atoms with Crippen LogP contribution in [0.25, 0.3) is 0 Å². The monoisotopic (exact) mass is 1050 g/mol. The largest absolute Gasteiger partial charge is 0.394 e. The van der Waals surface area contributed by atoms with Gasteiger partial charge in [0.2, 0.25) is 5.91 Å². The third-order valence-corrected chi connectivity index (χ3v) is 14.2. The lowest BCUT2D eigenvalue weighted by Gasteiger charge is -2.40. The fourth-order valence-electron chi connectivity index (χ4n) is 9.31. The highest BCUT2D eigenvalue weighted by Crippen LogP contribution is 2.23. The van der Waals surface area contributed by atoms with Crippen LogP contribution in [-0.2, 0) is 14.3 Å². The molecule has 1 rings (SSSR count). The molecule has 0 aromatic heterocycles. The van der Waals surface area contributed by atoms with Gasteiger partial charge in [0.15, 0.2) is 6.29 Å². The van der Waals surface area contributed by atoms with Crippen LogP contribution in [0.15, 0.2) is 97.2 Å². The minimum Gasteiger partial charge on any atom is -0.394 e. The topological polar surface area (TPSA) is 149 Å². The van der Waals surface area contributed by atoms with Crippen molar-refractivity contribution in [1.82, 2.24) is 5.32 Å². The molecule has 1 saturated heterocycles. The van der Waals surface area contributed by atoms with Crippen LogP contribution in [0.5, 0.6) is 0 Å². The van der Waals surface area contributed by atoms with Crippen molar-refractivity contribution in [1.29, 1.82) is 0 Å². The van der Waals surface area contributed by atoms with Gasteiger partial charge in [-0.25, -0.2) is 0 Å². The van der Waals surface area contributed by atoms with E-state index in [0.717, 1.165) is 83.5 Å². The number of hydrogen-bond donors (Lipinski definition) is 6. The molecule has 1 amide bonds. The number of carbonyl (C=O) groups is 1. The number of allylic oxidation sites excluding steroid dienone is 15. The van der Waals surface area contributed by atoms with E-state index in [9.17, 15) is 30.3 Å². The van der Waals surface area contributed by atoms with Crippen molar-refractivity contribution in [3.8, 4) is 0 Å². The van der Waals surface area contributed by atoms with Gasteiger partial charge in [0.25, 0.3) is 0 Å². The molecule has 7 atom stereocenters. The van der Waals surface area contributed by atoms with E-state index < -0.39 is 49.5 Å². The van der Waals surface area contributed by atoms with Gasteiger partial charge in [-0.2, -0.15) is 0 Å². The van der Waals surface area contributed by atoms with Gasteiger partial charge in [-0.1, -0.05) is 272 Å². The molecule has 7 unspecified atom stereocenters. The second-order valence-corrected chi connectivity index (χ2v) is 21.1. The lowest BCUT2D eigenvalue weighted by atomic mass is 9.99. The Bertz CT molecular complexity index is 1500. The Morgan fingerprint density at radius 2 is 0.827 bits per heavy atom. The molecule has 0 aromatic carbocycles. The Labute approximate surface area is 460 Å². The second-order valence-electron chi connectivity index (χ2n) is 21.1.